The highest BCUT2D eigenvalue weighted by molar-refractivity contribution is 5.97. The summed E-state index contributed by atoms with van der Waals surface area (Å²) in [6, 6.07) is 9.05. The van der Waals surface area contributed by atoms with Crippen molar-refractivity contribution < 1.29 is 9.53 Å². The number of nitrogens with one attached hydrogen (secondary N) is 1. The number of nitrogen functional groups attached to an aromatic ring is 1. The summed E-state index contributed by atoms with van der Waals surface area (Å²) in [7, 11) is 1.58. The lowest BCUT2D eigenvalue weighted by Crippen LogP contribution is -2.27. The Morgan fingerprint density at radius 1 is 1.39 bits per heavy atom. The Hall–Kier alpha value is -2.14. The van der Waals surface area contributed by atoms with Crippen LogP contribution in [0.15, 0.2) is 30.3 Å². The van der Waals surface area contributed by atoms with Gasteiger partial charge in [0.2, 0.25) is 0 Å². The summed E-state index contributed by atoms with van der Waals surface area (Å²) >= 11 is 0. The fourth-order valence-electron chi connectivity index (χ4n) is 1.65. The summed E-state index contributed by atoms with van der Waals surface area (Å²) in [5.74, 6) is -0.225. The molecular formula is C13H15N3O2. The van der Waals surface area contributed by atoms with Crippen LogP contribution in [-0.4, -0.2) is 31.2 Å². The molecule has 0 radical (unpaired) electrons. The normalized spacial score (nSPS) is 10.5. The van der Waals surface area contributed by atoms with Crippen LogP contribution in [0.1, 0.15) is 10.5 Å². The van der Waals surface area contributed by atoms with E-state index in [4.69, 9.17) is 10.5 Å². The number of benzene rings is 1. The Morgan fingerprint density at radius 3 is 3.00 bits per heavy atom. The van der Waals surface area contributed by atoms with Gasteiger partial charge in [0.15, 0.2) is 0 Å². The number of nitrogens with zero attached hydrogens (tertiary/aromatic N) is 1. The monoisotopic (exact) mass is 245 g/mol. The first-order chi connectivity index (χ1) is 8.72. The van der Waals surface area contributed by atoms with E-state index < -0.39 is 0 Å². The standard InChI is InChI=1S/C13H15N3O2/c1-18-8-7-15-13(17)11-6-5-9-3-2-4-10(14)12(9)16-11/h2-6H,7-8,14H2,1H3,(H,15,17). The smallest absolute Gasteiger partial charge is 0.269 e. The number of carbonyl (C=O) groups is 1. The maximum atomic E-state index is 11.8. The number of amides is 1. The van der Waals surface area contributed by atoms with Crippen molar-refractivity contribution in [1.29, 1.82) is 0 Å². The number of aromatic nitrogens is 1. The highest BCUT2D eigenvalue weighted by atomic mass is 16.5. The summed E-state index contributed by atoms with van der Waals surface area (Å²) in [4.78, 5) is 16.1. The van der Waals surface area contributed by atoms with Gasteiger partial charge in [-0.2, -0.15) is 0 Å². The molecule has 1 aromatic heterocycles. The summed E-state index contributed by atoms with van der Waals surface area (Å²) in [5, 5.41) is 3.64. The molecule has 94 valence electrons. The van der Waals surface area contributed by atoms with Crippen molar-refractivity contribution in [1.82, 2.24) is 10.3 Å². The van der Waals surface area contributed by atoms with Crippen LogP contribution in [0.3, 0.4) is 0 Å². The predicted molar refractivity (Wildman–Crippen MR) is 70.4 cm³/mol. The highest BCUT2D eigenvalue weighted by Gasteiger charge is 2.08. The van der Waals surface area contributed by atoms with Crippen molar-refractivity contribution in [3.05, 3.63) is 36.0 Å². The molecular weight excluding hydrogens is 230 g/mol. The molecule has 0 saturated carbocycles. The second-order valence-electron chi connectivity index (χ2n) is 3.86. The van der Waals surface area contributed by atoms with E-state index in [0.29, 0.717) is 30.0 Å². The van der Waals surface area contributed by atoms with Crippen molar-refractivity contribution in [3.8, 4) is 0 Å². The zero-order chi connectivity index (χ0) is 13.0. The van der Waals surface area contributed by atoms with Crippen LogP contribution >= 0.6 is 0 Å². The second-order valence-corrected chi connectivity index (χ2v) is 3.86. The Labute approximate surface area is 105 Å². The average Bonchev–Trinajstić information content (AvgIpc) is 2.39. The van der Waals surface area contributed by atoms with Crippen molar-refractivity contribution >= 4 is 22.5 Å². The van der Waals surface area contributed by atoms with Crippen LogP contribution in [0.25, 0.3) is 10.9 Å². The molecule has 1 amide bonds. The average molecular weight is 245 g/mol. The summed E-state index contributed by atoms with van der Waals surface area (Å²) in [5.41, 5.74) is 7.41. The second kappa shape index (κ2) is 5.46. The zero-order valence-corrected chi connectivity index (χ0v) is 10.1. The number of methoxy groups -OCH3 is 1. The molecule has 0 saturated heterocycles. The molecule has 0 unspecified atom stereocenters. The summed E-state index contributed by atoms with van der Waals surface area (Å²) in [6.07, 6.45) is 0. The lowest BCUT2D eigenvalue weighted by Gasteiger charge is -2.06. The number of pyridine rings is 1. The third-order valence-electron chi connectivity index (χ3n) is 2.58. The first kappa shape index (κ1) is 12.3. The van der Waals surface area contributed by atoms with E-state index in [9.17, 15) is 4.79 Å². The van der Waals surface area contributed by atoms with Crippen molar-refractivity contribution in [2.45, 2.75) is 0 Å². The minimum atomic E-state index is -0.225. The Morgan fingerprint density at radius 2 is 2.22 bits per heavy atom. The molecule has 2 rings (SSSR count). The lowest BCUT2D eigenvalue weighted by atomic mass is 10.1. The Balaban J connectivity index is 2.24. The fraction of sp³-hybridized carbons (Fsp3) is 0.231. The maximum absolute atomic E-state index is 11.8. The number of nitrogens with two attached hydrogens (primary N) is 1. The van der Waals surface area contributed by atoms with Gasteiger partial charge in [-0.15, -0.1) is 0 Å². The molecule has 0 fully saturated rings. The van der Waals surface area contributed by atoms with Gasteiger partial charge in [0.1, 0.15) is 5.69 Å². The summed E-state index contributed by atoms with van der Waals surface area (Å²) in [6.45, 7) is 0.931. The van der Waals surface area contributed by atoms with Gasteiger partial charge in [-0.05, 0) is 12.1 Å². The van der Waals surface area contributed by atoms with Gasteiger partial charge < -0.3 is 15.8 Å². The number of carbonyl (C=O) groups excluding carboxylic acids is 1. The lowest BCUT2D eigenvalue weighted by molar-refractivity contribution is 0.0932. The van der Waals surface area contributed by atoms with Gasteiger partial charge in [-0.1, -0.05) is 18.2 Å². The highest BCUT2D eigenvalue weighted by Crippen LogP contribution is 2.18. The zero-order valence-electron chi connectivity index (χ0n) is 10.1. The van der Waals surface area contributed by atoms with Gasteiger partial charge in [-0.25, -0.2) is 4.98 Å². The number of ether oxygens (including phenoxy) is 1. The number of rotatable bonds is 4. The van der Waals surface area contributed by atoms with Crippen LogP contribution in [0.2, 0.25) is 0 Å². The molecule has 5 nitrogen and oxygen atoms in total. The topological polar surface area (TPSA) is 77.2 Å². The molecule has 0 aliphatic rings. The first-order valence-corrected chi connectivity index (χ1v) is 5.65. The minimum Gasteiger partial charge on any atom is -0.397 e. The molecule has 18 heavy (non-hydrogen) atoms. The molecule has 2 aromatic rings. The van der Waals surface area contributed by atoms with E-state index in [2.05, 4.69) is 10.3 Å². The number of hydrogen-bond acceptors (Lipinski definition) is 4. The largest absolute Gasteiger partial charge is 0.397 e. The van der Waals surface area contributed by atoms with Crippen LogP contribution in [0.5, 0.6) is 0 Å². The van der Waals surface area contributed by atoms with Gasteiger partial charge in [0, 0.05) is 19.0 Å². The van der Waals surface area contributed by atoms with Crippen LogP contribution in [0, 0.1) is 0 Å². The minimum absolute atomic E-state index is 0.225. The van der Waals surface area contributed by atoms with Crippen LogP contribution < -0.4 is 11.1 Å². The number of fused-ring (bicyclic) bond motifs is 1. The van der Waals surface area contributed by atoms with E-state index in [1.54, 1.807) is 19.2 Å². The van der Waals surface area contributed by atoms with Crippen molar-refractivity contribution in [2.75, 3.05) is 26.0 Å². The molecule has 0 aliphatic heterocycles. The van der Waals surface area contributed by atoms with E-state index in [1.807, 2.05) is 18.2 Å². The van der Waals surface area contributed by atoms with E-state index in [0.717, 1.165) is 5.39 Å². The molecule has 0 aliphatic carbocycles. The van der Waals surface area contributed by atoms with Crippen molar-refractivity contribution in [3.63, 3.8) is 0 Å². The third kappa shape index (κ3) is 2.57. The molecule has 3 N–H and O–H groups in total. The van der Waals surface area contributed by atoms with Crippen LogP contribution in [0.4, 0.5) is 5.69 Å². The Bertz CT molecular complexity index is 569. The quantitative estimate of drug-likeness (QED) is 0.626. The van der Waals surface area contributed by atoms with Crippen LogP contribution in [-0.2, 0) is 4.74 Å². The molecule has 0 bridgehead atoms. The SMILES string of the molecule is COCCNC(=O)c1ccc2cccc(N)c2n1. The molecule has 1 heterocycles. The molecule has 5 heteroatoms. The fourth-order valence-corrected chi connectivity index (χ4v) is 1.65. The predicted octanol–water partition coefficient (Wildman–Crippen LogP) is 1.19. The van der Waals surface area contributed by atoms with E-state index in [-0.39, 0.29) is 5.91 Å². The van der Waals surface area contributed by atoms with Gasteiger partial charge >= 0.3 is 0 Å². The Kier molecular flexibility index (Phi) is 3.74. The molecule has 0 atom stereocenters. The number of para-hydroxylation sites is 1. The van der Waals surface area contributed by atoms with E-state index in [1.165, 1.54) is 0 Å². The van der Waals surface area contributed by atoms with E-state index >= 15 is 0 Å². The first-order valence-electron chi connectivity index (χ1n) is 5.65. The van der Waals surface area contributed by atoms with Crippen molar-refractivity contribution in [2.24, 2.45) is 0 Å². The molecule has 1 aromatic carbocycles. The maximum Gasteiger partial charge on any atom is 0.269 e. The van der Waals surface area contributed by atoms with Gasteiger partial charge in [0.25, 0.3) is 5.91 Å². The van der Waals surface area contributed by atoms with Gasteiger partial charge in [0.05, 0.1) is 17.8 Å². The number of hydrogen-bond donors (Lipinski definition) is 2. The number of anilines is 1. The van der Waals surface area contributed by atoms with Gasteiger partial charge in [-0.3, -0.25) is 4.79 Å². The molecule has 0 spiro atoms. The summed E-state index contributed by atoms with van der Waals surface area (Å²) < 4.78 is 4.86. The third-order valence-corrected chi connectivity index (χ3v) is 2.58.